The van der Waals surface area contributed by atoms with Crippen LogP contribution in [-0.4, -0.2) is 25.5 Å². The van der Waals surface area contributed by atoms with Crippen LogP contribution >= 0.6 is 0 Å². The van der Waals surface area contributed by atoms with E-state index in [2.05, 4.69) is 17.6 Å². The lowest BCUT2D eigenvalue weighted by Gasteiger charge is -2.23. The molecule has 2 fully saturated rings. The largest absolute Gasteiger partial charge is 0.356 e. The van der Waals surface area contributed by atoms with Gasteiger partial charge in [-0.1, -0.05) is 32.6 Å². The van der Waals surface area contributed by atoms with Crippen LogP contribution in [0.3, 0.4) is 0 Å². The summed E-state index contributed by atoms with van der Waals surface area (Å²) in [7, 11) is 0. The smallest absolute Gasteiger partial charge is 0.223 e. The summed E-state index contributed by atoms with van der Waals surface area (Å²) in [5.41, 5.74) is 0. The fraction of sp³-hybridized carbons (Fsp3) is 0.941. The topological polar surface area (TPSA) is 41.1 Å². The Hall–Kier alpha value is -0.570. The van der Waals surface area contributed by atoms with Gasteiger partial charge in [0.2, 0.25) is 5.91 Å². The van der Waals surface area contributed by atoms with E-state index in [1.807, 2.05) is 0 Å². The Morgan fingerprint density at radius 3 is 2.60 bits per heavy atom. The lowest BCUT2D eigenvalue weighted by Crippen LogP contribution is -2.35. The molecule has 2 aliphatic rings. The molecule has 0 radical (unpaired) electrons. The average molecular weight is 280 g/mol. The van der Waals surface area contributed by atoms with Crippen LogP contribution in [0.4, 0.5) is 0 Å². The molecule has 3 heteroatoms. The van der Waals surface area contributed by atoms with Crippen molar-refractivity contribution in [3.8, 4) is 0 Å². The highest BCUT2D eigenvalue weighted by molar-refractivity contribution is 5.78. The second-order valence-electron chi connectivity index (χ2n) is 6.78. The van der Waals surface area contributed by atoms with Gasteiger partial charge < -0.3 is 10.6 Å². The summed E-state index contributed by atoms with van der Waals surface area (Å²) in [4.78, 5) is 12.3. The van der Waals surface area contributed by atoms with Gasteiger partial charge in [0.25, 0.3) is 0 Å². The minimum absolute atomic E-state index is 0.252. The molecule has 1 saturated heterocycles. The van der Waals surface area contributed by atoms with Crippen LogP contribution < -0.4 is 10.6 Å². The Labute approximate surface area is 124 Å². The van der Waals surface area contributed by atoms with Crippen LogP contribution in [0.25, 0.3) is 0 Å². The molecule has 1 aliphatic heterocycles. The second-order valence-corrected chi connectivity index (χ2v) is 6.78. The summed E-state index contributed by atoms with van der Waals surface area (Å²) < 4.78 is 0. The van der Waals surface area contributed by atoms with Crippen molar-refractivity contribution < 1.29 is 4.79 Å². The highest BCUT2D eigenvalue weighted by Gasteiger charge is 2.23. The average Bonchev–Trinajstić information content (AvgIpc) is 2.98. The number of nitrogens with one attached hydrogen (secondary N) is 2. The van der Waals surface area contributed by atoms with Crippen molar-refractivity contribution in [2.75, 3.05) is 19.6 Å². The monoisotopic (exact) mass is 280 g/mol. The van der Waals surface area contributed by atoms with Gasteiger partial charge in [0.1, 0.15) is 0 Å². The van der Waals surface area contributed by atoms with Crippen LogP contribution in [0.15, 0.2) is 0 Å². The highest BCUT2D eigenvalue weighted by Crippen LogP contribution is 2.31. The summed E-state index contributed by atoms with van der Waals surface area (Å²) in [6, 6.07) is 0. The molecular formula is C17H32N2O. The maximum atomic E-state index is 12.3. The van der Waals surface area contributed by atoms with Crippen molar-refractivity contribution in [2.45, 2.75) is 64.7 Å². The highest BCUT2D eigenvalue weighted by atomic mass is 16.1. The lowest BCUT2D eigenvalue weighted by molar-refractivity contribution is -0.125. The van der Waals surface area contributed by atoms with Gasteiger partial charge >= 0.3 is 0 Å². The van der Waals surface area contributed by atoms with Gasteiger partial charge in [0.05, 0.1) is 0 Å². The first-order valence-corrected chi connectivity index (χ1v) is 8.78. The number of hydrogen-bond acceptors (Lipinski definition) is 2. The standard InChI is InChI=1S/C17H32N2O/c1-2-16(12-14-6-3-4-7-14)17(20)19-11-9-15-8-5-10-18-13-15/h14-16,18H,2-13H2,1H3,(H,19,20). The maximum Gasteiger partial charge on any atom is 0.223 e. The van der Waals surface area contributed by atoms with Crippen molar-refractivity contribution >= 4 is 5.91 Å². The van der Waals surface area contributed by atoms with E-state index >= 15 is 0 Å². The van der Waals surface area contributed by atoms with Crippen molar-refractivity contribution in [1.29, 1.82) is 0 Å². The molecule has 1 saturated carbocycles. The minimum atomic E-state index is 0.252. The number of hydrogen-bond donors (Lipinski definition) is 2. The molecular weight excluding hydrogens is 248 g/mol. The van der Waals surface area contributed by atoms with Gasteiger partial charge in [-0.15, -0.1) is 0 Å². The quantitative estimate of drug-likeness (QED) is 0.752. The molecule has 1 amide bonds. The summed E-state index contributed by atoms with van der Waals surface area (Å²) in [5.74, 6) is 2.14. The summed E-state index contributed by atoms with van der Waals surface area (Å²) in [5, 5.41) is 6.63. The first-order valence-electron chi connectivity index (χ1n) is 8.78. The first-order chi connectivity index (χ1) is 9.79. The zero-order valence-electron chi connectivity index (χ0n) is 13.1. The molecule has 0 aromatic carbocycles. The van der Waals surface area contributed by atoms with E-state index in [4.69, 9.17) is 0 Å². The predicted molar refractivity (Wildman–Crippen MR) is 83.6 cm³/mol. The molecule has 0 aromatic rings. The van der Waals surface area contributed by atoms with E-state index in [-0.39, 0.29) is 5.92 Å². The number of carbonyl (C=O) groups excluding carboxylic acids is 1. The second kappa shape index (κ2) is 8.66. The fourth-order valence-corrected chi connectivity index (χ4v) is 3.82. The Morgan fingerprint density at radius 1 is 1.20 bits per heavy atom. The van der Waals surface area contributed by atoms with E-state index < -0.39 is 0 Å². The molecule has 1 aliphatic carbocycles. The molecule has 0 aromatic heterocycles. The van der Waals surface area contributed by atoms with Crippen LogP contribution in [0.2, 0.25) is 0 Å². The molecule has 2 N–H and O–H groups in total. The van der Waals surface area contributed by atoms with Gasteiger partial charge in [-0.25, -0.2) is 0 Å². The van der Waals surface area contributed by atoms with E-state index in [0.717, 1.165) is 44.2 Å². The molecule has 0 bridgehead atoms. The third kappa shape index (κ3) is 5.08. The summed E-state index contributed by atoms with van der Waals surface area (Å²) >= 11 is 0. The van der Waals surface area contributed by atoms with E-state index in [1.165, 1.54) is 45.1 Å². The molecule has 20 heavy (non-hydrogen) atoms. The van der Waals surface area contributed by atoms with E-state index in [0.29, 0.717) is 5.91 Å². The Morgan fingerprint density at radius 2 is 1.95 bits per heavy atom. The Balaban J connectivity index is 1.63. The van der Waals surface area contributed by atoms with Gasteiger partial charge in [0.15, 0.2) is 0 Å². The van der Waals surface area contributed by atoms with Crippen LogP contribution in [0, 0.1) is 17.8 Å². The maximum absolute atomic E-state index is 12.3. The molecule has 2 rings (SSSR count). The summed E-state index contributed by atoms with van der Waals surface area (Å²) in [6.45, 7) is 5.33. The fourth-order valence-electron chi connectivity index (χ4n) is 3.82. The number of amides is 1. The zero-order chi connectivity index (χ0) is 14.2. The Bertz CT molecular complexity index is 281. The molecule has 3 nitrogen and oxygen atoms in total. The van der Waals surface area contributed by atoms with Crippen molar-refractivity contribution in [3.05, 3.63) is 0 Å². The molecule has 2 atom stereocenters. The molecule has 1 heterocycles. The normalized spacial score (nSPS) is 25.6. The van der Waals surface area contributed by atoms with Gasteiger partial charge in [-0.2, -0.15) is 0 Å². The van der Waals surface area contributed by atoms with E-state index in [9.17, 15) is 4.79 Å². The zero-order valence-corrected chi connectivity index (χ0v) is 13.1. The number of carbonyl (C=O) groups is 1. The van der Waals surface area contributed by atoms with Gasteiger partial charge in [0, 0.05) is 12.5 Å². The predicted octanol–water partition coefficient (Wildman–Crippen LogP) is 3.10. The lowest BCUT2D eigenvalue weighted by atomic mass is 9.90. The van der Waals surface area contributed by atoms with Crippen LogP contribution in [0.1, 0.15) is 64.7 Å². The molecule has 116 valence electrons. The van der Waals surface area contributed by atoms with Crippen molar-refractivity contribution in [3.63, 3.8) is 0 Å². The van der Waals surface area contributed by atoms with Crippen LogP contribution in [-0.2, 0) is 4.79 Å². The van der Waals surface area contributed by atoms with Crippen molar-refractivity contribution in [2.24, 2.45) is 17.8 Å². The van der Waals surface area contributed by atoms with Crippen molar-refractivity contribution in [1.82, 2.24) is 10.6 Å². The third-order valence-corrected chi connectivity index (χ3v) is 5.21. The number of rotatable bonds is 7. The summed E-state index contributed by atoms with van der Waals surface area (Å²) in [6.07, 6.45) is 11.3. The van der Waals surface area contributed by atoms with Crippen LogP contribution in [0.5, 0.6) is 0 Å². The van der Waals surface area contributed by atoms with E-state index in [1.54, 1.807) is 0 Å². The molecule has 0 spiro atoms. The third-order valence-electron chi connectivity index (χ3n) is 5.21. The minimum Gasteiger partial charge on any atom is -0.356 e. The number of piperidine rings is 1. The molecule has 2 unspecified atom stereocenters. The van der Waals surface area contributed by atoms with Gasteiger partial charge in [-0.05, 0) is 57.0 Å². The SMILES string of the molecule is CCC(CC1CCCC1)C(=O)NCCC1CCCNC1. The first kappa shape index (κ1) is 15.8. The Kier molecular flexibility index (Phi) is 6.85. The van der Waals surface area contributed by atoms with Gasteiger partial charge in [-0.3, -0.25) is 4.79 Å².